The third-order valence-corrected chi connectivity index (χ3v) is 2.31. The lowest BCUT2D eigenvalue weighted by Crippen LogP contribution is -2.27. The van der Waals surface area contributed by atoms with Crippen LogP contribution in [0.4, 0.5) is 5.69 Å². The van der Waals surface area contributed by atoms with Crippen molar-refractivity contribution in [3.8, 4) is 0 Å². The quantitative estimate of drug-likeness (QED) is 0.747. The first kappa shape index (κ1) is 9.21. The highest BCUT2D eigenvalue weighted by Gasteiger charge is 2.17. The number of carbonyl (C=O) groups excluding carboxylic acids is 1. The highest BCUT2D eigenvalue weighted by molar-refractivity contribution is 5.90. The molecule has 1 aliphatic rings. The van der Waals surface area contributed by atoms with Crippen LogP contribution in [-0.2, 0) is 4.79 Å². The third-order valence-electron chi connectivity index (χ3n) is 2.31. The van der Waals surface area contributed by atoms with E-state index in [0.29, 0.717) is 18.2 Å². The standard InChI is InChI=1S/C9H13N3O2/c13-9(4-7-2-1-3-10-7)12-8-5-11-14-6-8/h5-7,10H,1-4H2,(H,12,13). The lowest BCUT2D eigenvalue weighted by molar-refractivity contribution is -0.116. The Morgan fingerprint density at radius 3 is 3.36 bits per heavy atom. The minimum Gasteiger partial charge on any atom is -0.363 e. The van der Waals surface area contributed by atoms with Gasteiger partial charge in [-0.1, -0.05) is 5.16 Å². The van der Waals surface area contributed by atoms with E-state index in [0.717, 1.165) is 19.4 Å². The van der Waals surface area contributed by atoms with Gasteiger partial charge in [0.1, 0.15) is 12.0 Å². The van der Waals surface area contributed by atoms with Crippen molar-refractivity contribution in [3.63, 3.8) is 0 Å². The van der Waals surface area contributed by atoms with Crippen molar-refractivity contribution in [2.45, 2.75) is 25.3 Å². The van der Waals surface area contributed by atoms with Gasteiger partial charge in [0.25, 0.3) is 0 Å². The Labute approximate surface area is 81.8 Å². The SMILES string of the molecule is O=C(CC1CCCN1)Nc1cnoc1. The number of nitrogens with zero attached hydrogens (tertiary/aromatic N) is 1. The van der Waals surface area contributed by atoms with Gasteiger partial charge in [-0.25, -0.2) is 0 Å². The molecule has 1 aromatic heterocycles. The fraction of sp³-hybridized carbons (Fsp3) is 0.556. The molecule has 5 nitrogen and oxygen atoms in total. The smallest absolute Gasteiger partial charge is 0.226 e. The molecule has 0 saturated carbocycles. The van der Waals surface area contributed by atoms with E-state index in [9.17, 15) is 4.79 Å². The molecule has 76 valence electrons. The average molecular weight is 195 g/mol. The first-order valence-electron chi connectivity index (χ1n) is 4.77. The molecule has 0 bridgehead atoms. The van der Waals surface area contributed by atoms with E-state index >= 15 is 0 Å². The Hall–Kier alpha value is -1.36. The van der Waals surface area contributed by atoms with Gasteiger partial charge in [-0.2, -0.15) is 0 Å². The molecule has 5 heteroatoms. The van der Waals surface area contributed by atoms with Crippen LogP contribution < -0.4 is 10.6 Å². The summed E-state index contributed by atoms with van der Waals surface area (Å²) >= 11 is 0. The van der Waals surface area contributed by atoms with Gasteiger partial charge in [0, 0.05) is 12.5 Å². The summed E-state index contributed by atoms with van der Waals surface area (Å²) in [5.74, 6) is 0.00704. The Kier molecular flexibility index (Phi) is 2.78. The Bertz CT molecular complexity index is 291. The highest BCUT2D eigenvalue weighted by Crippen LogP contribution is 2.10. The molecule has 0 spiro atoms. The zero-order valence-electron chi connectivity index (χ0n) is 7.82. The first-order valence-corrected chi connectivity index (χ1v) is 4.77. The fourth-order valence-corrected chi connectivity index (χ4v) is 1.63. The topological polar surface area (TPSA) is 67.2 Å². The van der Waals surface area contributed by atoms with Crippen molar-refractivity contribution in [2.24, 2.45) is 0 Å². The number of anilines is 1. The summed E-state index contributed by atoms with van der Waals surface area (Å²) in [5.41, 5.74) is 0.619. The summed E-state index contributed by atoms with van der Waals surface area (Å²) in [7, 11) is 0. The van der Waals surface area contributed by atoms with Gasteiger partial charge >= 0.3 is 0 Å². The van der Waals surface area contributed by atoms with Gasteiger partial charge in [-0.05, 0) is 19.4 Å². The maximum atomic E-state index is 11.4. The van der Waals surface area contributed by atoms with Gasteiger partial charge in [0.05, 0.1) is 6.20 Å². The van der Waals surface area contributed by atoms with Gasteiger partial charge < -0.3 is 15.2 Å². The minimum absolute atomic E-state index is 0.00704. The molecule has 0 radical (unpaired) electrons. The molecule has 1 atom stereocenters. The van der Waals surface area contributed by atoms with Gasteiger partial charge in [-0.15, -0.1) is 0 Å². The predicted octanol–water partition coefficient (Wildman–Crippen LogP) is 0.755. The maximum Gasteiger partial charge on any atom is 0.226 e. The summed E-state index contributed by atoms with van der Waals surface area (Å²) in [5, 5.41) is 9.48. The summed E-state index contributed by atoms with van der Waals surface area (Å²) in [6.07, 6.45) is 5.66. The molecule has 1 aliphatic heterocycles. The highest BCUT2D eigenvalue weighted by atomic mass is 16.5. The molecule has 1 unspecified atom stereocenters. The molecule has 1 amide bonds. The maximum absolute atomic E-state index is 11.4. The van der Waals surface area contributed by atoms with Gasteiger partial charge in [0.2, 0.25) is 5.91 Å². The summed E-state index contributed by atoms with van der Waals surface area (Å²) in [4.78, 5) is 11.4. The number of nitrogens with one attached hydrogen (secondary N) is 2. The van der Waals surface area contributed by atoms with E-state index in [4.69, 9.17) is 0 Å². The van der Waals surface area contributed by atoms with Gasteiger partial charge in [-0.3, -0.25) is 4.79 Å². The van der Waals surface area contributed by atoms with Crippen LogP contribution in [0.3, 0.4) is 0 Å². The molecule has 2 N–H and O–H groups in total. The minimum atomic E-state index is 0.00704. The molecule has 14 heavy (non-hydrogen) atoms. The third kappa shape index (κ3) is 2.32. The molecule has 0 aliphatic carbocycles. The van der Waals surface area contributed by atoms with Crippen molar-refractivity contribution in [1.82, 2.24) is 10.5 Å². The van der Waals surface area contributed by atoms with Crippen molar-refractivity contribution >= 4 is 11.6 Å². The molecular formula is C9H13N3O2. The van der Waals surface area contributed by atoms with E-state index in [1.807, 2.05) is 0 Å². The van der Waals surface area contributed by atoms with E-state index in [1.54, 1.807) is 0 Å². The fourth-order valence-electron chi connectivity index (χ4n) is 1.63. The van der Waals surface area contributed by atoms with E-state index in [2.05, 4.69) is 20.3 Å². The zero-order valence-corrected chi connectivity index (χ0v) is 7.82. The van der Waals surface area contributed by atoms with Crippen LogP contribution in [0.15, 0.2) is 17.0 Å². The number of amides is 1. The number of rotatable bonds is 3. The summed E-state index contributed by atoms with van der Waals surface area (Å²) in [6.45, 7) is 1.02. The van der Waals surface area contributed by atoms with Crippen LogP contribution in [0.5, 0.6) is 0 Å². The Balaban J connectivity index is 1.78. The van der Waals surface area contributed by atoms with E-state index in [1.165, 1.54) is 12.5 Å². The van der Waals surface area contributed by atoms with Crippen LogP contribution in [0.1, 0.15) is 19.3 Å². The molecule has 2 rings (SSSR count). The molecule has 1 fully saturated rings. The summed E-state index contributed by atoms with van der Waals surface area (Å²) in [6, 6.07) is 0.329. The summed E-state index contributed by atoms with van der Waals surface area (Å²) < 4.78 is 4.61. The molecule has 1 saturated heterocycles. The van der Waals surface area contributed by atoms with Crippen LogP contribution in [0.25, 0.3) is 0 Å². The van der Waals surface area contributed by atoms with Gasteiger partial charge in [0.15, 0.2) is 0 Å². The largest absolute Gasteiger partial charge is 0.363 e. The molecule has 0 aromatic carbocycles. The number of carbonyl (C=O) groups is 1. The Morgan fingerprint density at radius 2 is 2.71 bits per heavy atom. The second kappa shape index (κ2) is 4.23. The number of hydrogen-bond acceptors (Lipinski definition) is 4. The lowest BCUT2D eigenvalue weighted by Gasteiger charge is -2.08. The first-order chi connectivity index (χ1) is 6.84. The van der Waals surface area contributed by atoms with Crippen LogP contribution in [0.2, 0.25) is 0 Å². The lowest BCUT2D eigenvalue weighted by atomic mass is 10.1. The van der Waals surface area contributed by atoms with Crippen molar-refractivity contribution in [2.75, 3.05) is 11.9 Å². The zero-order chi connectivity index (χ0) is 9.80. The normalized spacial score (nSPS) is 21.0. The van der Waals surface area contributed by atoms with E-state index in [-0.39, 0.29) is 5.91 Å². The second-order valence-corrected chi connectivity index (χ2v) is 3.46. The van der Waals surface area contributed by atoms with Crippen LogP contribution >= 0.6 is 0 Å². The number of hydrogen-bond donors (Lipinski definition) is 2. The van der Waals surface area contributed by atoms with Crippen molar-refractivity contribution in [1.29, 1.82) is 0 Å². The predicted molar refractivity (Wildman–Crippen MR) is 50.8 cm³/mol. The van der Waals surface area contributed by atoms with Crippen LogP contribution in [0, 0.1) is 0 Å². The van der Waals surface area contributed by atoms with Crippen molar-refractivity contribution < 1.29 is 9.32 Å². The molecular weight excluding hydrogens is 182 g/mol. The van der Waals surface area contributed by atoms with E-state index < -0.39 is 0 Å². The monoisotopic (exact) mass is 195 g/mol. The van der Waals surface area contributed by atoms with Crippen molar-refractivity contribution in [3.05, 3.63) is 12.5 Å². The second-order valence-electron chi connectivity index (χ2n) is 3.46. The molecule has 1 aromatic rings. The van der Waals surface area contributed by atoms with Crippen LogP contribution in [-0.4, -0.2) is 23.7 Å². The Morgan fingerprint density at radius 1 is 1.79 bits per heavy atom. The molecule has 2 heterocycles. The number of aromatic nitrogens is 1. The average Bonchev–Trinajstić information content (AvgIpc) is 2.76.